The van der Waals surface area contributed by atoms with E-state index >= 15 is 0 Å². The lowest BCUT2D eigenvalue weighted by molar-refractivity contribution is 0.289. The predicted octanol–water partition coefficient (Wildman–Crippen LogP) is 4.42. The molecule has 0 aliphatic heterocycles. The Balaban J connectivity index is 2.20. The van der Waals surface area contributed by atoms with E-state index in [2.05, 4.69) is 60.9 Å². The number of hydrogen-bond acceptors (Lipinski definition) is 2. The molecule has 0 N–H and O–H groups in total. The van der Waals surface area contributed by atoms with Crippen molar-refractivity contribution >= 4 is 15.9 Å². The lowest BCUT2D eigenvalue weighted by Crippen LogP contribution is -2.07. The Morgan fingerprint density at radius 3 is 2.60 bits per heavy atom. The average molecular weight is 337 g/mol. The molecule has 0 saturated heterocycles. The topological polar surface area (TPSA) is 27.1 Å². The third-order valence-corrected chi connectivity index (χ3v) is 4.30. The van der Waals surface area contributed by atoms with Crippen LogP contribution >= 0.6 is 15.9 Å². The van der Waals surface area contributed by atoms with Crippen molar-refractivity contribution in [1.29, 1.82) is 0 Å². The van der Waals surface area contributed by atoms with Crippen LogP contribution in [0.1, 0.15) is 36.4 Å². The molecular formula is C16H21BrN2O. The van der Waals surface area contributed by atoms with Crippen LogP contribution in [0.25, 0.3) is 0 Å². The molecule has 108 valence electrons. The molecule has 4 heteroatoms. The van der Waals surface area contributed by atoms with Crippen LogP contribution in [0, 0.1) is 13.8 Å². The second-order valence-electron chi connectivity index (χ2n) is 4.93. The van der Waals surface area contributed by atoms with Crippen LogP contribution in [0.3, 0.4) is 0 Å². The Morgan fingerprint density at radius 2 is 2.00 bits per heavy atom. The van der Waals surface area contributed by atoms with Gasteiger partial charge in [-0.3, -0.25) is 4.68 Å². The fraction of sp³-hybridized carbons (Fsp3) is 0.438. The summed E-state index contributed by atoms with van der Waals surface area (Å²) in [5.41, 5.74) is 4.61. The average Bonchev–Trinajstić information content (AvgIpc) is 2.74. The number of hydrogen-bond donors (Lipinski definition) is 0. The second-order valence-corrected chi connectivity index (χ2v) is 5.73. The first-order valence-corrected chi connectivity index (χ1v) is 7.80. The van der Waals surface area contributed by atoms with Crippen molar-refractivity contribution in [2.75, 3.05) is 0 Å². The second kappa shape index (κ2) is 6.44. The predicted molar refractivity (Wildman–Crippen MR) is 85.2 cm³/mol. The lowest BCUT2D eigenvalue weighted by atomic mass is 10.1. The number of nitrogens with zero attached hydrogens (tertiary/aromatic N) is 2. The van der Waals surface area contributed by atoms with E-state index in [1.807, 2.05) is 10.7 Å². The number of benzene rings is 1. The Kier molecular flexibility index (Phi) is 4.86. The summed E-state index contributed by atoms with van der Waals surface area (Å²) in [6, 6.07) is 6.25. The van der Waals surface area contributed by atoms with Gasteiger partial charge in [-0.05, 0) is 54.8 Å². The van der Waals surface area contributed by atoms with Crippen molar-refractivity contribution < 1.29 is 4.74 Å². The lowest BCUT2D eigenvalue weighted by Gasteiger charge is -2.11. The Hall–Kier alpha value is -1.29. The molecule has 0 fully saturated rings. The summed E-state index contributed by atoms with van der Waals surface area (Å²) in [5.74, 6) is 0.935. The van der Waals surface area contributed by atoms with Gasteiger partial charge in [0.25, 0.3) is 0 Å². The molecule has 0 aliphatic carbocycles. The third kappa shape index (κ3) is 3.06. The van der Waals surface area contributed by atoms with Crippen LogP contribution in [-0.4, -0.2) is 9.78 Å². The van der Waals surface area contributed by atoms with Gasteiger partial charge in [-0.25, -0.2) is 0 Å². The zero-order valence-corrected chi connectivity index (χ0v) is 14.1. The molecule has 0 saturated carbocycles. The minimum atomic E-state index is 0.533. The van der Waals surface area contributed by atoms with Gasteiger partial charge < -0.3 is 4.74 Å². The molecule has 0 unspecified atom stereocenters. The fourth-order valence-corrected chi connectivity index (χ4v) is 2.94. The minimum absolute atomic E-state index is 0.533. The van der Waals surface area contributed by atoms with E-state index in [0.29, 0.717) is 6.61 Å². The standard InChI is InChI=1S/C16H21BrN2O/c1-5-13-16(17)14(19(6-2)18-13)10-20-15-8-7-11(3)9-12(15)4/h7-9H,5-6,10H2,1-4H3. The van der Waals surface area contributed by atoms with Crippen LogP contribution in [-0.2, 0) is 19.6 Å². The molecule has 2 aromatic rings. The van der Waals surface area contributed by atoms with Crippen molar-refractivity contribution in [2.24, 2.45) is 0 Å². The molecule has 0 spiro atoms. The van der Waals surface area contributed by atoms with E-state index < -0.39 is 0 Å². The molecular weight excluding hydrogens is 316 g/mol. The van der Waals surface area contributed by atoms with Crippen molar-refractivity contribution in [3.63, 3.8) is 0 Å². The van der Waals surface area contributed by atoms with Crippen molar-refractivity contribution in [1.82, 2.24) is 9.78 Å². The van der Waals surface area contributed by atoms with Gasteiger partial charge in [0.15, 0.2) is 0 Å². The Labute approximate surface area is 129 Å². The largest absolute Gasteiger partial charge is 0.487 e. The molecule has 3 nitrogen and oxygen atoms in total. The molecule has 1 aromatic carbocycles. The fourth-order valence-electron chi connectivity index (χ4n) is 2.26. The zero-order valence-electron chi connectivity index (χ0n) is 12.5. The van der Waals surface area contributed by atoms with Crippen molar-refractivity contribution in [2.45, 2.75) is 47.3 Å². The van der Waals surface area contributed by atoms with E-state index in [0.717, 1.165) is 34.6 Å². The van der Waals surface area contributed by atoms with Gasteiger partial charge in [0, 0.05) is 6.54 Å². The van der Waals surface area contributed by atoms with E-state index in [-0.39, 0.29) is 0 Å². The monoisotopic (exact) mass is 336 g/mol. The van der Waals surface area contributed by atoms with E-state index in [4.69, 9.17) is 4.74 Å². The van der Waals surface area contributed by atoms with Crippen LogP contribution < -0.4 is 4.74 Å². The molecule has 0 bridgehead atoms. The molecule has 20 heavy (non-hydrogen) atoms. The molecule has 1 aromatic heterocycles. The SMILES string of the molecule is CCc1nn(CC)c(COc2ccc(C)cc2C)c1Br. The van der Waals surface area contributed by atoms with Crippen LogP contribution in [0.2, 0.25) is 0 Å². The molecule has 2 rings (SSSR count). The first kappa shape index (κ1) is 15.1. The summed E-state index contributed by atoms with van der Waals surface area (Å²) in [7, 11) is 0. The maximum Gasteiger partial charge on any atom is 0.131 e. The first-order chi connectivity index (χ1) is 9.56. The van der Waals surface area contributed by atoms with Crippen LogP contribution in [0.5, 0.6) is 5.75 Å². The third-order valence-electron chi connectivity index (χ3n) is 3.39. The summed E-state index contributed by atoms with van der Waals surface area (Å²) in [6.07, 6.45) is 0.921. The highest BCUT2D eigenvalue weighted by molar-refractivity contribution is 9.10. The van der Waals surface area contributed by atoms with E-state index in [9.17, 15) is 0 Å². The highest BCUT2D eigenvalue weighted by Gasteiger charge is 2.14. The van der Waals surface area contributed by atoms with Crippen molar-refractivity contribution in [3.8, 4) is 5.75 Å². The molecule has 0 atom stereocenters. The normalized spacial score (nSPS) is 10.8. The molecule has 1 heterocycles. The summed E-state index contributed by atoms with van der Waals surface area (Å²) >= 11 is 3.64. The molecule has 0 radical (unpaired) electrons. The van der Waals surface area contributed by atoms with Gasteiger partial charge >= 0.3 is 0 Å². The summed E-state index contributed by atoms with van der Waals surface area (Å²) in [4.78, 5) is 0. The number of aryl methyl sites for hydroxylation is 4. The summed E-state index contributed by atoms with van der Waals surface area (Å²) in [5, 5.41) is 4.59. The number of ether oxygens (including phenoxy) is 1. The Morgan fingerprint density at radius 1 is 1.25 bits per heavy atom. The number of aromatic nitrogens is 2. The van der Waals surface area contributed by atoms with Gasteiger partial charge in [-0.2, -0.15) is 5.10 Å². The maximum absolute atomic E-state index is 5.97. The summed E-state index contributed by atoms with van der Waals surface area (Å²) in [6.45, 7) is 9.76. The van der Waals surface area contributed by atoms with Crippen LogP contribution in [0.15, 0.2) is 22.7 Å². The maximum atomic E-state index is 5.97. The Bertz CT molecular complexity index is 605. The first-order valence-electron chi connectivity index (χ1n) is 7.00. The van der Waals surface area contributed by atoms with Gasteiger partial charge in [0.1, 0.15) is 12.4 Å². The minimum Gasteiger partial charge on any atom is -0.487 e. The summed E-state index contributed by atoms with van der Waals surface area (Å²) < 4.78 is 9.05. The van der Waals surface area contributed by atoms with Crippen LogP contribution in [0.4, 0.5) is 0 Å². The molecule has 0 amide bonds. The quantitative estimate of drug-likeness (QED) is 0.807. The highest BCUT2D eigenvalue weighted by Crippen LogP contribution is 2.25. The van der Waals surface area contributed by atoms with Crippen molar-refractivity contribution in [3.05, 3.63) is 45.2 Å². The zero-order chi connectivity index (χ0) is 14.7. The number of rotatable bonds is 5. The van der Waals surface area contributed by atoms with E-state index in [1.54, 1.807) is 0 Å². The van der Waals surface area contributed by atoms with Gasteiger partial charge in [-0.15, -0.1) is 0 Å². The van der Waals surface area contributed by atoms with Gasteiger partial charge in [0.2, 0.25) is 0 Å². The highest BCUT2D eigenvalue weighted by atomic mass is 79.9. The van der Waals surface area contributed by atoms with Gasteiger partial charge in [-0.1, -0.05) is 24.6 Å². The van der Waals surface area contributed by atoms with Gasteiger partial charge in [0.05, 0.1) is 15.9 Å². The smallest absolute Gasteiger partial charge is 0.131 e. The number of halogens is 1. The van der Waals surface area contributed by atoms with E-state index in [1.165, 1.54) is 11.1 Å². The molecule has 0 aliphatic rings.